The molecule has 0 saturated carbocycles. The molecular formula is C19H18BrN5O3. The van der Waals surface area contributed by atoms with Crippen LogP contribution in [0.2, 0.25) is 0 Å². The number of aryl methyl sites for hydroxylation is 1. The van der Waals surface area contributed by atoms with Crippen molar-refractivity contribution in [3.8, 4) is 17.4 Å². The fourth-order valence-electron chi connectivity index (χ4n) is 2.58. The van der Waals surface area contributed by atoms with Crippen molar-refractivity contribution in [2.45, 2.75) is 20.3 Å². The van der Waals surface area contributed by atoms with Gasteiger partial charge in [0.1, 0.15) is 5.75 Å². The highest BCUT2D eigenvalue weighted by Crippen LogP contribution is 2.28. The Kier molecular flexibility index (Phi) is 6.15. The van der Waals surface area contributed by atoms with Crippen molar-refractivity contribution in [2.75, 3.05) is 11.9 Å². The van der Waals surface area contributed by atoms with Crippen LogP contribution >= 0.6 is 15.9 Å². The fourth-order valence-corrected chi connectivity index (χ4v) is 2.94. The van der Waals surface area contributed by atoms with E-state index < -0.39 is 5.56 Å². The van der Waals surface area contributed by atoms with Crippen LogP contribution in [0.4, 0.5) is 5.69 Å². The molecule has 3 rings (SSSR count). The molecule has 0 bridgehead atoms. The van der Waals surface area contributed by atoms with Gasteiger partial charge in [0, 0.05) is 28.1 Å². The van der Waals surface area contributed by atoms with Crippen LogP contribution in [-0.2, 0) is 11.2 Å². The SMILES string of the molecule is CCOc1ccc(Br)cc1NC(=O)Cc1c(C)nc(-c2ncccn2)[nH]c1=O. The first-order valence-electron chi connectivity index (χ1n) is 8.57. The second kappa shape index (κ2) is 8.75. The van der Waals surface area contributed by atoms with Gasteiger partial charge in [-0.05, 0) is 38.1 Å². The summed E-state index contributed by atoms with van der Waals surface area (Å²) in [5.74, 6) is 0.782. The van der Waals surface area contributed by atoms with Gasteiger partial charge in [0.05, 0.1) is 18.7 Å². The third kappa shape index (κ3) is 4.61. The standard InChI is InChI=1S/C19H18BrN5O3/c1-3-28-15-6-5-12(20)9-14(15)24-16(26)10-13-11(2)23-18(25-19(13)27)17-21-7-4-8-22-17/h4-9H,3,10H2,1-2H3,(H,24,26)(H,23,25,27). The van der Waals surface area contributed by atoms with Gasteiger partial charge < -0.3 is 15.0 Å². The van der Waals surface area contributed by atoms with E-state index >= 15 is 0 Å². The van der Waals surface area contributed by atoms with Crippen LogP contribution < -0.4 is 15.6 Å². The van der Waals surface area contributed by atoms with E-state index in [4.69, 9.17) is 4.74 Å². The number of halogens is 1. The quantitative estimate of drug-likeness (QED) is 0.605. The lowest BCUT2D eigenvalue weighted by Crippen LogP contribution is -2.24. The average Bonchev–Trinajstić information content (AvgIpc) is 2.67. The lowest BCUT2D eigenvalue weighted by molar-refractivity contribution is -0.115. The zero-order chi connectivity index (χ0) is 20.1. The van der Waals surface area contributed by atoms with Crippen molar-refractivity contribution in [2.24, 2.45) is 0 Å². The van der Waals surface area contributed by atoms with E-state index in [-0.39, 0.29) is 23.7 Å². The Morgan fingerprint density at radius 3 is 2.71 bits per heavy atom. The minimum absolute atomic E-state index is 0.123. The van der Waals surface area contributed by atoms with Crippen LogP contribution in [0.1, 0.15) is 18.2 Å². The summed E-state index contributed by atoms with van der Waals surface area (Å²) in [4.78, 5) is 40.1. The fraction of sp³-hybridized carbons (Fsp3) is 0.211. The van der Waals surface area contributed by atoms with Gasteiger partial charge in [0.25, 0.3) is 5.56 Å². The average molecular weight is 444 g/mol. The number of aromatic nitrogens is 4. The van der Waals surface area contributed by atoms with Gasteiger partial charge in [-0.3, -0.25) is 9.59 Å². The van der Waals surface area contributed by atoms with Crippen molar-refractivity contribution in [1.29, 1.82) is 0 Å². The zero-order valence-electron chi connectivity index (χ0n) is 15.3. The number of aromatic amines is 1. The van der Waals surface area contributed by atoms with Gasteiger partial charge >= 0.3 is 0 Å². The largest absolute Gasteiger partial charge is 0.492 e. The number of rotatable bonds is 6. The molecule has 1 aromatic carbocycles. The number of H-pyrrole nitrogens is 1. The summed E-state index contributed by atoms with van der Waals surface area (Å²) in [6.45, 7) is 4.01. The lowest BCUT2D eigenvalue weighted by atomic mass is 10.1. The van der Waals surface area contributed by atoms with Crippen molar-refractivity contribution >= 4 is 27.5 Å². The number of hydrogen-bond acceptors (Lipinski definition) is 6. The molecular weight excluding hydrogens is 426 g/mol. The number of hydrogen-bond donors (Lipinski definition) is 2. The summed E-state index contributed by atoms with van der Waals surface area (Å²) in [5, 5.41) is 2.79. The molecule has 3 aromatic rings. The molecule has 2 aromatic heterocycles. The summed E-state index contributed by atoms with van der Waals surface area (Å²) in [5.41, 5.74) is 0.854. The Labute approximate surface area is 169 Å². The molecule has 0 aliphatic heterocycles. The number of anilines is 1. The van der Waals surface area contributed by atoms with Crippen LogP contribution in [0.15, 0.2) is 45.9 Å². The molecule has 0 aliphatic rings. The first kappa shape index (κ1) is 19.7. The summed E-state index contributed by atoms with van der Waals surface area (Å²) in [6, 6.07) is 7.00. The number of nitrogens with zero attached hydrogens (tertiary/aromatic N) is 3. The van der Waals surface area contributed by atoms with E-state index in [0.29, 0.717) is 29.6 Å². The first-order chi connectivity index (χ1) is 13.5. The Bertz CT molecular complexity index is 1050. The highest BCUT2D eigenvalue weighted by Gasteiger charge is 2.16. The molecule has 8 nitrogen and oxygen atoms in total. The Morgan fingerprint density at radius 1 is 1.29 bits per heavy atom. The van der Waals surface area contributed by atoms with Crippen LogP contribution in [0, 0.1) is 6.92 Å². The molecule has 28 heavy (non-hydrogen) atoms. The molecule has 0 unspecified atom stereocenters. The number of carbonyl (C=O) groups is 1. The molecule has 1 amide bonds. The van der Waals surface area contributed by atoms with Gasteiger partial charge in [-0.25, -0.2) is 15.0 Å². The predicted octanol–water partition coefficient (Wildman–Crippen LogP) is 2.88. The van der Waals surface area contributed by atoms with Gasteiger partial charge in [0.15, 0.2) is 11.6 Å². The molecule has 0 saturated heterocycles. The van der Waals surface area contributed by atoms with Gasteiger partial charge in [-0.15, -0.1) is 0 Å². The van der Waals surface area contributed by atoms with E-state index in [1.165, 1.54) is 0 Å². The second-order valence-electron chi connectivity index (χ2n) is 5.85. The molecule has 0 aliphatic carbocycles. The highest BCUT2D eigenvalue weighted by molar-refractivity contribution is 9.10. The third-order valence-corrected chi connectivity index (χ3v) is 4.35. The van der Waals surface area contributed by atoms with Crippen LogP contribution in [-0.4, -0.2) is 32.4 Å². The topological polar surface area (TPSA) is 110 Å². The normalized spacial score (nSPS) is 10.5. The molecule has 0 fully saturated rings. The van der Waals surface area contributed by atoms with Crippen molar-refractivity contribution in [3.05, 3.63) is 62.7 Å². The Hall–Kier alpha value is -3.07. The first-order valence-corrected chi connectivity index (χ1v) is 9.36. The minimum Gasteiger partial charge on any atom is -0.492 e. The smallest absolute Gasteiger partial charge is 0.255 e. The van der Waals surface area contributed by atoms with E-state index in [1.54, 1.807) is 37.5 Å². The van der Waals surface area contributed by atoms with Crippen molar-refractivity contribution in [3.63, 3.8) is 0 Å². The van der Waals surface area contributed by atoms with E-state index in [1.807, 2.05) is 13.0 Å². The molecule has 144 valence electrons. The molecule has 0 atom stereocenters. The highest BCUT2D eigenvalue weighted by atomic mass is 79.9. The molecule has 0 spiro atoms. The Morgan fingerprint density at radius 2 is 2.04 bits per heavy atom. The minimum atomic E-state index is -0.399. The molecule has 2 N–H and O–H groups in total. The van der Waals surface area contributed by atoms with Crippen LogP contribution in [0.25, 0.3) is 11.6 Å². The molecule has 9 heteroatoms. The van der Waals surface area contributed by atoms with E-state index in [2.05, 4.69) is 41.2 Å². The zero-order valence-corrected chi connectivity index (χ0v) is 16.9. The number of benzene rings is 1. The number of nitrogens with one attached hydrogen (secondary N) is 2. The van der Waals surface area contributed by atoms with Crippen molar-refractivity contribution < 1.29 is 9.53 Å². The molecule has 2 heterocycles. The maximum Gasteiger partial charge on any atom is 0.255 e. The van der Waals surface area contributed by atoms with E-state index in [0.717, 1.165) is 4.47 Å². The monoisotopic (exact) mass is 443 g/mol. The summed E-state index contributed by atoms with van der Waals surface area (Å²) >= 11 is 3.37. The summed E-state index contributed by atoms with van der Waals surface area (Å²) in [6.07, 6.45) is 3.00. The third-order valence-electron chi connectivity index (χ3n) is 3.85. The molecule has 0 radical (unpaired) electrons. The summed E-state index contributed by atoms with van der Waals surface area (Å²) in [7, 11) is 0. The number of amides is 1. The lowest BCUT2D eigenvalue weighted by Gasteiger charge is -2.12. The van der Waals surface area contributed by atoms with Gasteiger partial charge in [-0.1, -0.05) is 15.9 Å². The number of ether oxygens (including phenoxy) is 1. The van der Waals surface area contributed by atoms with E-state index in [9.17, 15) is 9.59 Å². The maximum absolute atomic E-state index is 12.5. The van der Waals surface area contributed by atoms with Crippen LogP contribution in [0.3, 0.4) is 0 Å². The Balaban J connectivity index is 1.82. The predicted molar refractivity (Wildman–Crippen MR) is 108 cm³/mol. The number of carbonyl (C=O) groups excluding carboxylic acids is 1. The van der Waals surface area contributed by atoms with Gasteiger partial charge in [0.2, 0.25) is 5.91 Å². The maximum atomic E-state index is 12.5. The summed E-state index contributed by atoms with van der Waals surface area (Å²) < 4.78 is 6.33. The second-order valence-corrected chi connectivity index (χ2v) is 6.77. The van der Waals surface area contributed by atoms with Crippen LogP contribution in [0.5, 0.6) is 5.75 Å². The van der Waals surface area contributed by atoms with Gasteiger partial charge in [-0.2, -0.15) is 0 Å². The van der Waals surface area contributed by atoms with Crippen molar-refractivity contribution in [1.82, 2.24) is 19.9 Å².